The molecule has 1 atom stereocenters. The Balaban J connectivity index is 1.42. The molecule has 0 aliphatic carbocycles. The number of nitrogens with one attached hydrogen (secondary N) is 1. The van der Waals surface area contributed by atoms with E-state index >= 15 is 0 Å². The van der Waals surface area contributed by atoms with Crippen LogP contribution in [0.2, 0.25) is 0 Å². The van der Waals surface area contributed by atoms with E-state index in [1.165, 1.54) is 0 Å². The Morgan fingerprint density at radius 3 is 2.27 bits per heavy atom. The number of rotatable bonds is 7. The summed E-state index contributed by atoms with van der Waals surface area (Å²) >= 11 is 0. The molecule has 33 heavy (non-hydrogen) atoms. The predicted molar refractivity (Wildman–Crippen MR) is 132 cm³/mol. The SMILES string of the molecule is CCc1cccc(CC)c1N1C[C@@H](C(=O)Nc2ccc(Oc3cccc(C)c3)cc2)CC1=O. The Morgan fingerprint density at radius 1 is 0.970 bits per heavy atom. The summed E-state index contributed by atoms with van der Waals surface area (Å²) < 4.78 is 5.88. The zero-order valence-electron chi connectivity index (χ0n) is 19.4. The standard InChI is InChI=1S/C28H30N2O3/c1-4-20-9-7-10-21(5-2)27(20)30-18-22(17-26(30)31)28(32)29-23-12-14-24(15-13-23)33-25-11-6-8-19(3)16-25/h6-16,22H,4-5,17-18H2,1-3H3,(H,29,32)/t22-/m0/s1. The highest BCUT2D eigenvalue weighted by Gasteiger charge is 2.36. The molecule has 1 aliphatic rings. The first-order chi connectivity index (χ1) is 16.0. The lowest BCUT2D eigenvalue weighted by Crippen LogP contribution is -2.29. The van der Waals surface area contributed by atoms with Crippen molar-refractivity contribution in [1.29, 1.82) is 0 Å². The van der Waals surface area contributed by atoms with E-state index in [9.17, 15) is 9.59 Å². The first-order valence-corrected chi connectivity index (χ1v) is 11.5. The third-order valence-electron chi connectivity index (χ3n) is 6.08. The van der Waals surface area contributed by atoms with Crippen molar-refractivity contribution in [2.24, 2.45) is 5.92 Å². The van der Waals surface area contributed by atoms with Crippen molar-refractivity contribution in [3.05, 3.63) is 83.4 Å². The largest absolute Gasteiger partial charge is 0.457 e. The van der Waals surface area contributed by atoms with Crippen LogP contribution in [0.1, 0.15) is 37.0 Å². The van der Waals surface area contributed by atoms with Gasteiger partial charge in [-0.1, -0.05) is 44.2 Å². The topological polar surface area (TPSA) is 58.6 Å². The summed E-state index contributed by atoms with van der Waals surface area (Å²) in [4.78, 5) is 27.6. The molecule has 5 heteroatoms. The third-order valence-corrected chi connectivity index (χ3v) is 6.08. The minimum atomic E-state index is -0.379. The molecule has 1 N–H and O–H groups in total. The van der Waals surface area contributed by atoms with Crippen LogP contribution in [0.25, 0.3) is 0 Å². The maximum absolute atomic E-state index is 12.9. The smallest absolute Gasteiger partial charge is 0.229 e. The summed E-state index contributed by atoms with van der Waals surface area (Å²) in [6.45, 7) is 6.61. The Labute approximate surface area is 195 Å². The van der Waals surface area contributed by atoms with Crippen LogP contribution in [0.15, 0.2) is 66.7 Å². The van der Waals surface area contributed by atoms with Crippen molar-refractivity contribution < 1.29 is 14.3 Å². The van der Waals surface area contributed by atoms with Gasteiger partial charge in [-0.3, -0.25) is 9.59 Å². The lowest BCUT2D eigenvalue weighted by Gasteiger charge is -2.23. The van der Waals surface area contributed by atoms with Crippen LogP contribution in [-0.4, -0.2) is 18.4 Å². The molecule has 0 unspecified atom stereocenters. The lowest BCUT2D eigenvalue weighted by molar-refractivity contribution is -0.122. The molecule has 1 fully saturated rings. The quantitative estimate of drug-likeness (QED) is 0.495. The third kappa shape index (κ3) is 5.08. The Morgan fingerprint density at radius 2 is 1.64 bits per heavy atom. The van der Waals surface area contributed by atoms with E-state index < -0.39 is 0 Å². The number of nitrogens with zero attached hydrogens (tertiary/aromatic N) is 1. The van der Waals surface area contributed by atoms with E-state index in [1.54, 1.807) is 4.90 Å². The van der Waals surface area contributed by atoms with Crippen LogP contribution in [0.5, 0.6) is 11.5 Å². The zero-order valence-corrected chi connectivity index (χ0v) is 19.4. The first kappa shape index (κ1) is 22.6. The molecule has 4 rings (SSSR count). The number of carbonyl (C=O) groups excluding carboxylic acids is 2. The van der Waals surface area contributed by atoms with Crippen molar-refractivity contribution in [3.8, 4) is 11.5 Å². The molecule has 0 aromatic heterocycles. The van der Waals surface area contributed by atoms with Crippen molar-refractivity contribution in [2.45, 2.75) is 40.0 Å². The van der Waals surface area contributed by atoms with E-state index in [0.717, 1.165) is 41.0 Å². The van der Waals surface area contributed by atoms with Gasteiger partial charge in [0.1, 0.15) is 11.5 Å². The van der Waals surface area contributed by atoms with Crippen molar-refractivity contribution in [3.63, 3.8) is 0 Å². The van der Waals surface area contributed by atoms with E-state index in [1.807, 2.05) is 61.5 Å². The molecule has 1 heterocycles. The van der Waals surface area contributed by atoms with Crippen LogP contribution in [0, 0.1) is 12.8 Å². The minimum Gasteiger partial charge on any atom is -0.457 e. The Hall–Kier alpha value is -3.60. The fourth-order valence-corrected chi connectivity index (χ4v) is 4.33. The van der Waals surface area contributed by atoms with Gasteiger partial charge in [0.2, 0.25) is 11.8 Å². The van der Waals surface area contributed by atoms with Gasteiger partial charge >= 0.3 is 0 Å². The van der Waals surface area contributed by atoms with Crippen LogP contribution >= 0.6 is 0 Å². The van der Waals surface area contributed by atoms with Gasteiger partial charge in [-0.15, -0.1) is 0 Å². The van der Waals surface area contributed by atoms with Crippen LogP contribution in [-0.2, 0) is 22.4 Å². The fourth-order valence-electron chi connectivity index (χ4n) is 4.33. The van der Waals surface area contributed by atoms with E-state index in [2.05, 4.69) is 31.3 Å². The number of ether oxygens (including phenoxy) is 1. The molecule has 3 aromatic carbocycles. The fraction of sp³-hybridized carbons (Fsp3) is 0.286. The molecule has 170 valence electrons. The van der Waals surface area contributed by atoms with Crippen LogP contribution in [0.4, 0.5) is 11.4 Å². The average Bonchev–Trinajstić information content (AvgIpc) is 3.21. The molecule has 2 amide bonds. The summed E-state index contributed by atoms with van der Waals surface area (Å²) in [6, 6.07) is 21.3. The van der Waals surface area contributed by atoms with Crippen molar-refractivity contribution in [1.82, 2.24) is 0 Å². The molecular weight excluding hydrogens is 412 g/mol. The highest BCUT2D eigenvalue weighted by atomic mass is 16.5. The number of anilines is 2. The van der Waals surface area contributed by atoms with E-state index in [4.69, 9.17) is 4.74 Å². The molecule has 0 bridgehead atoms. The second-order valence-electron chi connectivity index (χ2n) is 8.47. The maximum atomic E-state index is 12.9. The number of aryl methyl sites for hydroxylation is 3. The monoisotopic (exact) mass is 442 g/mol. The van der Waals surface area contributed by atoms with Gasteiger partial charge in [0.05, 0.1) is 5.92 Å². The molecule has 1 saturated heterocycles. The normalized spacial score (nSPS) is 15.5. The average molecular weight is 443 g/mol. The number of carbonyl (C=O) groups is 2. The van der Waals surface area contributed by atoms with Gasteiger partial charge in [0.15, 0.2) is 0 Å². The zero-order chi connectivity index (χ0) is 23.4. The van der Waals surface area contributed by atoms with Gasteiger partial charge in [-0.25, -0.2) is 0 Å². The van der Waals surface area contributed by atoms with Gasteiger partial charge in [-0.2, -0.15) is 0 Å². The Bertz CT molecular complexity index is 1130. The summed E-state index contributed by atoms with van der Waals surface area (Å²) in [5.41, 5.74) is 5.09. The van der Waals surface area contributed by atoms with Gasteiger partial charge in [0, 0.05) is 24.3 Å². The van der Waals surface area contributed by atoms with Gasteiger partial charge < -0.3 is 15.0 Å². The highest BCUT2D eigenvalue weighted by Crippen LogP contribution is 2.33. The summed E-state index contributed by atoms with van der Waals surface area (Å²) in [7, 11) is 0. The molecule has 0 saturated carbocycles. The summed E-state index contributed by atoms with van der Waals surface area (Å²) in [5, 5.41) is 2.96. The Kier molecular flexibility index (Phi) is 6.78. The second kappa shape index (κ2) is 9.90. The second-order valence-corrected chi connectivity index (χ2v) is 8.47. The van der Waals surface area contributed by atoms with Crippen molar-refractivity contribution >= 4 is 23.2 Å². The number of benzene rings is 3. The molecular formula is C28H30N2O3. The highest BCUT2D eigenvalue weighted by molar-refractivity contribution is 6.04. The van der Waals surface area contributed by atoms with E-state index in [0.29, 0.717) is 18.0 Å². The predicted octanol–water partition coefficient (Wildman–Crippen LogP) is 5.90. The first-order valence-electron chi connectivity index (χ1n) is 11.5. The van der Waals surface area contributed by atoms with E-state index in [-0.39, 0.29) is 24.2 Å². The van der Waals surface area contributed by atoms with Crippen LogP contribution < -0.4 is 15.0 Å². The van der Waals surface area contributed by atoms with Gasteiger partial charge in [0.25, 0.3) is 0 Å². The summed E-state index contributed by atoms with van der Waals surface area (Å²) in [6.07, 6.45) is 1.92. The molecule has 0 spiro atoms. The lowest BCUT2D eigenvalue weighted by atomic mass is 10.0. The number of para-hydroxylation sites is 1. The molecule has 3 aromatic rings. The number of amides is 2. The maximum Gasteiger partial charge on any atom is 0.229 e. The molecule has 0 radical (unpaired) electrons. The molecule has 1 aliphatic heterocycles. The van der Waals surface area contributed by atoms with Crippen LogP contribution in [0.3, 0.4) is 0 Å². The summed E-state index contributed by atoms with van der Waals surface area (Å²) in [5.74, 6) is 0.965. The molecule has 5 nitrogen and oxygen atoms in total. The minimum absolute atomic E-state index is 0.00709. The van der Waals surface area contributed by atoms with Gasteiger partial charge in [-0.05, 0) is 72.9 Å². The number of hydrogen-bond acceptors (Lipinski definition) is 3. The number of hydrogen-bond donors (Lipinski definition) is 1. The van der Waals surface area contributed by atoms with Crippen molar-refractivity contribution in [2.75, 3.05) is 16.8 Å².